The summed E-state index contributed by atoms with van der Waals surface area (Å²) in [4.78, 5) is 42.2. The van der Waals surface area contributed by atoms with E-state index in [0.717, 1.165) is 5.69 Å². The highest BCUT2D eigenvalue weighted by Crippen LogP contribution is 2.09. The van der Waals surface area contributed by atoms with Crippen LogP contribution in [0.5, 0.6) is 0 Å². The van der Waals surface area contributed by atoms with Crippen LogP contribution in [0.1, 0.15) is 33.1 Å². The van der Waals surface area contributed by atoms with Gasteiger partial charge in [-0.15, -0.1) is 0 Å². The zero-order chi connectivity index (χ0) is 20.4. The van der Waals surface area contributed by atoms with Gasteiger partial charge in [-0.25, -0.2) is 0 Å². The van der Waals surface area contributed by atoms with Gasteiger partial charge in [0.05, 0.1) is 6.54 Å². The Morgan fingerprint density at radius 1 is 0.964 bits per heavy atom. The minimum absolute atomic E-state index is 0.0408. The van der Waals surface area contributed by atoms with Crippen LogP contribution in [0.3, 0.4) is 0 Å². The molecule has 154 valence electrons. The largest absolute Gasteiger partial charge is 0.343 e. The van der Waals surface area contributed by atoms with Crippen molar-refractivity contribution in [2.45, 2.75) is 33.1 Å². The van der Waals surface area contributed by atoms with Crippen LogP contribution in [0.15, 0.2) is 30.3 Å². The van der Waals surface area contributed by atoms with Gasteiger partial charge in [0.25, 0.3) is 0 Å². The Morgan fingerprint density at radius 2 is 1.61 bits per heavy atom. The fourth-order valence-corrected chi connectivity index (χ4v) is 3.36. The Balaban J connectivity index is 1.65. The van der Waals surface area contributed by atoms with E-state index in [2.05, 4.69) is 10.2 Å². The number of anilines is 1. The van der Waals surface area contributed by atoms with E-state index in [4.69, 9.17) is 0 Å². The van der Waals surface area contributed by atoms with Gasteiger partial charge in [0, 0.05) is 57.8 Å². The second kappa shape index (κ2) is 11.4. The van der Waals surface area contributed by atoms with Gasteiger partial charge in [0.1, 0.15) is 0 Å². The SMILES string of the molecule is CCN(CC)C(=O)CCCC(=O)N1CCN(CC(=O)Nc2ccccc2)CC1. The Kier molecular flexibility index (Phi) is 8.94. The number of hydrogen-bond acceptors (Lipinski definition) is 4. The molecule has 0 bridgehead atoms. The average molecular weight is 389 g/mol. The predicted molar refractivity (Wildman–Crippen MR) is 110 cm³/mol. The zero-order valence-corrected chi connectivity index (χ0v) is 17.0. The van der Waals surface area contributed by atoms with Crippen molar-refractivity contribution in [2.75, 3.05) is 51.1 Å². The van der Waals surface area contributed by atoms with Crippen LogP contribution >= 0.6 is 0 Å². The van der Waals surface area contributed by atoms with E-state index < -0.39 is 0 Å². The number of carbonyl (C=O) groups excluding carboxylic acids is 3. The van der Waals surface area contributed by atoms with Gasteiger partial charge in [-0.2, -0.15) is 0 Å². The van der Waals surface area contributed by atoms with Crippen molar-refractivity contribution in [2.24, 2.45) is 0 Å². The van der Waals surface area contributed by atoms with Gasteiger partial charge in [0.2, 0.25) is 17.7 Å². The topological polar surface area (TPSA) is 73.0 Å². The summed E-state index contributed by atoms with van der Waals surface area (Å²) in [6.07, 6.45) is 1.42. The Labute approximate surface area is 167 Å². The first-order valence-corrected chi connectivity index (χ1v) is 10.2. The van der Waals surface area contributed by atoms with E-state index in [9.17, 15) is 14.4 Å². The van der Waals surface area contributed by atoms with E-state index in [-0.39, 0.29) is 17.7 Å². The molecular formula is C21H32N4O3. The molecule has 0 radical (unpaired) electrons. The molecule has 0 atom stereocenters. The molecule has 1 aromatic carbocycles. The highest BCUT2D eigenvalue weighted by atomic mass is 16.2. The maximum absolute atomic E-state index is 12.4. The summed E-state index contributed by atoms with van der Waals surface area (Å²) in [6, 6.07) is 9.40. The zero-order valence-electron chi connectivity index (χ0n) is 17.0. The van der Waals surface area contributed by atoms with Crippen LogP contribution in [0, 0.1) is 0 Å². The monoisotopic (exact) mass is 388 g/mol. The molecule has 1 fully saturated rings. The average Bonchev–Trinajstić information content (AvgIpc) is 2.70. The van der Waals surface area contributed by atoms with Crippen molar-refractivity contribution in [3.8, 4) is 0 Å². The lowest BCUT2D eigenvalue weighted by atomic mass is 10.2. The molecule has 0 aliphatic carbocycles. The highest BCUT2D eigenvalue weighted by Gasteiger charge is 2.22. The van der Waals surface area contributed by atoms with Crippen molar-refractivity contribution in [1.82, 2.24) is 14.7 Å². The molecule has 3 amide bonds. The number of nitrogens with zero attached hydrogens (tertiary/aromatic N) is 3. The van der Waals surface area contributed by atoms with E-state index in [0.29, 0.717) is 65.1 Å². The fourth-order valence-electron chi connectivity index (χ4n) is 3.36. The molecular weight excluding hydrogens is 356 g/mol. The Morgan fingerprint density at radius 3 is 2.21 bits per heavy atom. The van der Waals surface area contributed by atoms with Gasteiger partial charge >= 0.3 is 0 Å². The van der Waals surface area contributed by atoms with Crippen LogP contribution in [-0.4, -0.2) is 78.2 Å². The second-order valence-corrected chi connectivity index (χ2v) is 6.99. The summed E-state index contributed by atoms with van der Waals surface area (Å²) in [6.45, 7) is 8.31. The first-order chi connectivity index (χ1) is 13.5. The highest BCUT2D eigenvalue weighted by molar-refractivity contribution is 5.92. The summed E-state index contributed by atoms with van der Waals surface area (Å²) < 4.78 is 0. The molecule has 1 aromatic rings. The quantitative estimate of drug-likeness (QED) is 0.700. The molecule has 1 saturated heterocycles. The molecule has 0 unspecified atom stereocenters. The third kappa shape index (κ3) is 6.96. The number of nitrogens with one attached hydrogen (secondary N) is 1. The molecule has 2 rings (SSSR count). The van der Waals surface area contributed by atoms with Crippen LogP contribution in [0.2, 0.25) is 0 Å². The maximum Gasteiger partial charge on any atom is 0.238 e. The molecule has 28 heavy (non-hydrogen) atoms. The summed E-state index contributed by atoms with van der Waals surface area (Å²) in [5, 5.41) is 2.88. The lowest BCUT2D eigenvalue weighted by molar-refractivity contribution is -0.133. The standard InChI is InChI=1S/C21H32N4O3/c1-3-24(4-2)20(27)11-8-12-21(28)25-15-13-23(14-16-25)17-19(26)22-18-9-6-5-7-10-18/h5-7,9-10H,3-4,8,11-17H2,1-2H3,(H,22,26). The molecule has 1 aliphatic heterocycles. The van der Waals surface area contributed by atoms with Gasteiger partial charge in [0.15, 0.2) is 0 Å². The van der Waals surface area contributed by atoms with Crippen molar-refractivity contribution < 1.29 is 14.4 Å². The number of carbonyl (C=O) groups is 3. The predicted octanol–water partition coefficient (Wildman–Crippen LogP) is 1.81. The third-order valence-electron chi connectivity index (χ3n) is 5.05. The molecule has 7 nitrogen and oxygen atoms in total. The number of rotatable bonds is 9. The first kappa shape index (κ1) is 21.9. The molecule has 1 heterocycles. The number of piperazine rings is 1. The Bertz CT molecular complexity index is 638. The van der Waals surface area contributed by atoms with E-state index in [1.54, 1.807) is 4.90 Å². The fraction of sp³-hybridized carbons (Fsp3) is 0.571. The molecule has 0 spiro atoms. The van der Waals surface area contributed by atoms with Crippen LogP contribution in [-0.2, 0) is 14.4 Å². The lowest BCUT2D eigenvalue weighted by Gasteiger charge is -2.34. The molecule has 1 N–H and O–H groups in total. The van der Waals surface area contributed by atoms with Crippen molar-refractivity contribution in [1.29, 1.82) is 0 Å². The number of hydrogen-bond donors (Lipinski definition) is 1. The van der Waals surface area contributed by atoms with Gasteiger partial charge in [-0.1, -0.05) is 18.2 Å². The smallest absolute Gasteiger partial charge is 0.238 e. The van der Waals surface area contributed by atoms with Crippen LogP contribution in [0.4, 0.5) is 5.69 Å². The van der Waals surface area contributed by atoms with Gasteiger partial charge < -0.3 is 15.1 Å². The molecule has 0 saturated carbocycles. The Hall–Kier alpha value is -2.41. The van der Waals surface area contributed by atoms with Crippen LogP contribution < -0.4 is 5.32 Å². The summed E-state index contributed by atoms with van der Waals surface area (Å²) >= 11 is 0. The molecule has 0 aromatic heterocycles. The summed E-state index contributed by atoms with van der Waals surface area (Å²) in [5.41, 5.74) is 0.792. The van der Waals surface area contributed by atoms with E-state index in [1.807, 2.05) is 49.1 Å². The summed E-state index contributed by atoms with van der Waals surface area (Å²) in [7, 11) is 0. The van der Waals surface area contributed by atoms with Gasteiger partial charge in [-0.05, 0) is 32.4 Å². The van der Waals surface area contributed by atoms with E-state index in [1.165, 1.54) is 0 Å². The van der Waals surface area contributed by atoms with Gasteiger partial charge in [-0.3, -0.25) is 19.3 Å². The lowest BCUT2D eigenvalue weighted by Crippen LogP contribution is -2.50. The summed E-state index contributed by atoms with van der Waals surface area (Å²) in [5.74, 6) is 0.175. The van der Waals surface area contributed by atoms with Crippen LogP contribution in [0.25, 0.3) is 0 Å². The minimum Gasteiger partial charge on any atom is -0.343 e. The number of para-hydroxylation sites is 1. The number of benzene rings is 1. The second-order valence-electron chi connectivity index (χ2n) is 6.99. The van der Waals surface area contributed by atoms with E-state index >= 15 is 0 Å². The first-order valence-electron chi connectivity index (χ1n) is 10.2. The maximum atomic E-state index is 12.4. The van der Waals surface area contributed by atoms with Crippen molar-refractivity contribution >= 4 is 23.4 Å². The molecule has 7 heteroatoms. The van der Waals surface area contributed by atoms with Crippen molar-refractivity contribution in [3.63, 3.8) is 0 Å². The van der Waals surface area contributed by atoms with Crippen molar-refractivity contribution in [3.05, 3.63) is 30.3 Å². The minimum atomic E-state index is -0.0408. The molecule has 1 aliphatic rings. The normalized spacial score (nSPS) is 14.6. The third-order valence-corrected chi connectivity index (χ3v) is 5.05. The number of amides is 3.